The van der Waals surface area contributed by atoms with Gasteiger partial charge < -0.3 is 15.5 Å². The van der Waals surface area contributed by atoms with Crippen LogP contribution < -0.4 is 15.5 Å². The maximum atomic E-state index is 12.8. The minimum Gasteiger partial charge on any atom is -0.355 e. The summed E-state index contributed by atoms with van der Waals surface area (Å²) >= 11 is 6.02. The molecule has 1 aromatic rings. The summed E-state index contributed by atoms with van der Waals surface area (Å²) in [6.07, 6.45) is 2.67. The summed E-state index contributed by atoms with van der Waals surface area (Å²) in [6.45, 7) is 1.75. The zero-order valence-corrected chi connectivity index (χ0v) is 18.1. The van der Waals surface area contributed by atoms with Gasteiger partial charge in [-0.3, -0.25) is 9.59 Å². The van der Waals surface area contributed by atoms with E-state index in [2.05, 4.69) is 15.6 Å². The first kappa shape index (κ1) is 23.6. The van der Waals surface area contributed by atoms with Gasteiger partial charge in [-0.15, -0.1) is 0 Å². The van der Waals surface area contributed by atoms with Gasteiger partial charge in [0.15, 0.2) is 0 Å². The van der Waals surface area contributed by atoms with E-state index >= 15 is 0 Å². The van der Waals surface area contributed by atoms with E-state index in [9.17, 15) is 22.8 Å². The highest BCUT2D eigenvalue weighted by atomic mass is 35.5. The highest BCUT2D eigenvalue weighted by molar-refractivity contribution is 6.33. The van der Waals surface area contributed by atoms with E-state index in [4.69, 9.17) is 11.6 Å². The van der Waals surface area contributed by atoms with Crippen LogP contribution in [0.25, 0.3) is 0 Å². The highest BCUT2D eigenvalue weighted by Crippen LogP contribution is 2.34. The number of nitrogens with one attached hydrogen (secondary N) is 2. The fourth-order valence-corrected chi connectivity index (χ4v) is 4.48. The number of halogens is 4. The summed E-state index contributed by atoms with van der Waals surface area (Å²) in [6, 6.07) is 0.879. The van der Waals surface area contributed by atoms with Crippen LogP contribution in [-0.4, -0.2) is 43.0 Å². The quantitative estimate of drug-likeness (QED) is 0.633. The van der Waals surface area contributed by atoms with Crippen LogP contribution in [0.1, 0.15) is 50.5 Å². The lowest BCUT2D eigenvalue weighted by Gasteiger charge is -2.32. The number of alkyl halides is 3. The molecule has 2 fully saturated rings. The van der Waals surface area contributed by atoms with Gasteiger partial charge in [0.2, 0.25) is 11.8 Å². The Morgan fingerprint density at radius 3 is 2.06 bits per heavy atom. The second-order valence-corrected chi connectivity index (χ2v) is 8.61. The predicted molar refractivity (Wildman–Crippen MR) is 112 cm³/mol. The number of pyridine rings is 1. The third-order valence-electron chi connectivity index (χ3n) is 6.01. The zero-order valence-electron chi connectivity index (χ0n) is 17.3. The standard InChI is InChI=1S/C21H28ClF3N4O2/c22-17-12-16(21(23,24)25)13-28-18(17)29-10-6-15(7-11-29)20(31)27-9-8-26-19(30)14-4-2-1-3-5-14/h12-15H,1-11H2,(H,26,30)(H,27,31). The zero-order chi connectivity index (χ0) is 22.4. The molecule has 1 aliphatic carbocycles. The van der Waals surface area contributed by atoms with Crippen LogP contribution in [0.2, 0.25) is 5.02 Å². The van der Waals surface area contributed by atoms with Gasteiger partial charge in [0.25, 0.3) is 0 Å². The molecule has 2 aliphatic rings. The molecular formula is C21H28ClF3N4O2. The highest BCUT2D eigenvalue weighted by Gasteiger charge is 2.33. The van der Waals surface area contributed by atoms with Gasteiger partial charge in [0, 0.05) is 44.2 Å². The average molecular weight is 461 g/mol. The van der Waals surface area contributed by atoms with Crippen LogP contribution in [0, 0.1) is 11.8 Å². The van der Waals surface area contributed by atoms with E-state index in [0.29, 0.717) is 44.8 Å². The molecule has 2 heterocycles. The van der Waals surface area contributed by atoms with Crippen LogP contribution >= 0.6 is 11.6 Å². The molecule has 1 aromatic heterocycles. The molecule has 3 rings (SSSR count). The van der Waals surface area contributed by atoms with Crippen molar-refractivity contribution in [2.75, 3.05) is 31.1 Å². The van der Waals surface area contributed by atoms with Crippen LogP contribution in [0.4, 0.5) is 19.0 Å². The monoisotopic (exact) mass is 460 g/mol. The van der Waals surface area contributed by atoms with Crippen molar-refractivity contribution in [3.63, 3.8) is 0 Å². The molecular weight excluding hydrogens is 433 g/mol. The molecule has 0 atom stereocenters. The third-order valence-corrected chi connectivity index (χ3v) is 6.29. The van der Waals surface area contributed by atoms with E-state index in [-0.39, 0.29) is 28.7 Å². The Morgan fingerprint density at radius 2 is 1.55 bits per heavy atom. The van der Waals surface area contributed by atoms with Crippen molar-refractivity contribution in [2.45, 2.75) is 51.1 Å². The number of anilines is 1. The fourth-order valence-electron chi connectivity index (χ4n) is 4.20. The number of piperidine rings is 1. The third kappa shape index (κ3) is 6.48. The van der Waals surface area contributed by atoms with Gasteiger partial charge in [-0.05, 0) is 31.7 Å². The minimum absolute atomic E-state index is 0.0496. The molecule has 2 amide bonds. The van der Waals surface area contributed by atoms with Gasteiger partial charge >= 0.3 is 6.18 Å². The van der Waals surface area contributed by atoms with E-state index in [1.54, 1.807) is 4.90 Å². The summed E-state index contributed by atoms with van der Waals surface area (Å²) in [5, 5.41) is 5.71. The Kier molecular flexibility index (Phi) is 8.02. The molecule has 0 unspecified atom stereocenters. The SMILES string of the molecule is O=C(NCCNC(=O)C1CCN(c2ncc(C(F)(F)F)cc2Cl)CC1)C1CCCCC1. The van der Waals surface area contributed by atoms with Gasteiger partial charge in [0.1, 0.15) is 5.82 Å². The molecule has 10 heteroatoms. The average Bonchev–Trinajstić information content (AvgIpc) is 2.76. The minimum atomic E-state index is -4.49. The summed E-state index contributed by atoms with van der Waals surface area (Å²) in [5.41, 5.74) is -0.883. The molecule has 1 saturated carbocycles. The first-order chi connectivity index (χ1) is 14.8. The number of hydrogen-bond acceptors (Lipinski definition) is 4. The van der Waals surface area contributed by atoms with Crippen molar-refractivity contribution in [1.29, 1.82) is 0 Å². The molecule has 172 valence electrons. The lowest BCUT2D eigenvalue weighted by atomic mass is 9.89. The first-order valence-electron chi connectivity index (χ1n) is 10.8. The van der Waals surface area contributed by atoms with Crippen molar-refractivity contribution >= 4 is 29.2 Å². The summed E-state index contributed by atoms with van der Waals surface area (Å²) in [4.78, 5) is 30.2. The predicted octanol–water partition coefficient (Wildman–Crippen LogP) is 3.78. The number of nitrogens with zero attached hydrogens (tertiary/aromatic N) is 2. The Bertz CT molecular complexity index is 776. The van der Waals surface area contributed by atoms with Gasteiger partial charge in [0.05, 0.1) is 10.6 Å². The molecule has 0 bridgehead atoms. The lowest BCUT2D eigenvalue weighted by Crippen LogP contribution is -2.43. The van der Waals surface area contributed by atoms with Crippen molar-refractivity contribution in [3.05, 3.63) is 22.8 Å². The van der Waals surface area contributed by atoms with E-state index in [0.717, 1.165) is 37.9 Å². The largest absolute Gasteiger partial charge is 0.417 e. The molecule has 2 N–H and O–H groups in total. The normalized spacial score (nSPS) is 18.6. The number of aromatic nitrogens is 1. The molecule has 0 spiro atoms. The summed E-state index contributed by atoms with van der Waals surface area (Å²) < 4.78 is 38.3. The maximum absolute atomic E-state index is 12.8. The Morgan fingerprint density at radius 1 is 1.00 bits per heavy atom. The van der Waals surface area contributed by atoms with Crippen LogP contribution in [0.3, 0.4) is 0 Å². The molecule has 6 nitrogen and oxygen atoms in total. The second-order valence-electron chi connectivity index (χ2n) is 8.21. The topological polar surface area (TPSA) is 74.3 Å². The molecule has 1 saturated heterocycles. The number of carbonyl (C=O) groups excluding carboxylic acids is 2. The Hall–Kier alpha value is -2.03. The summed E-state index contributed by atoms with van der Waals surface area (Å²) in [7, 11) is 0. The number of rotatable bonds is 6. The summed E-state index contributed by atoms with van der Waals surface area (Å²) in [5.74, 6) is 0.220. The van der Waals surface area contributed by atoms with Gasteiger partial charge in [-0.2, -0.15) is 13.2 Å². The van der Waals surface area contributed by atoms with E-state index in [1.165, 1.54) is 6.42 Å². The first-order valence-corrected chi connectivity index (χ1v) is 11.2. The number of hydrogen-bond donors (Lipinski definition) is 2. The second kappa shape index (κ2) is 10.5. The van der Waals surface area contributed by atoms with Gasteiger partial charge in [-0.25, -0.2) is 4.98 Å². The fraction of sp³-hybridized carbons (Fsp3) is 0.667. The van der Waals surface area contributed by atoms with Crippen LogP contribution in [0.5, 0.6) is 0 Å². The Balaban J connectivity index is 1.39. The smallest absolute Gasteiger partial charge is 0.355 e. The molecule has 31 heavy (non-hydrogen) atoms. The van der Waals surface area contributed by atoms with Crippen LogP contribution in [-0.2, 0) is 15.8 Å². The molecule has 0 radical (unpaired) electrons. The molecule has 0 aromatic carbocycles. The maximum Gasteiger partial charge on any atom is 0.417 e. The van der Waals surface area contributed by atoms with Crippen molar-refractivity contribution in [1.82, 2.24) is 15.6 Å². The number of carbonyl (C=O) groups is 2. The molecule has 1 aliphatic heterocycles. The van der Waals surface area contributed by atoms with E-state index in [1.807, 2.05) is 0 Å². The lowest BCUT2D eigenvalue weighted by molar-refractivity contribution is -0.137. The van der Waals surface area contributed by atoms with Crippen molar-refractivity contribution in [3.8, 4) is 0 Å². The van der Waals surface area contributed by atoms with Crippen molar-refractivity contribution < 1.29 is 22.8 Å². The van der Waals surface area contributed by atoms with Gasteiger partial charge in [-0.1, -0.05) is 30.9 Å². The number of amides is 2. The Labute approximate surface area is 184 Å². The van der Waals surface area contributed by atoms with E-state index < -0.39 is 11.7 Å². The van der Waals surface area contributed by atoms with Crippen LogP contribution in [0.15, 0.2) is 12.3 Å². The van der Waals surface area contributed by atoms with Crippen molar-refractivity contribution in [2.24, 2.45) is 11.8 Å².